The van der Waals surface area contributed by atoms with E-state index in [9.17, 15) is 4.79 Å². The fourth-order valence-electron chi connectivity index (χ4n) is 2.25. The summed E-state index contributed by atoms with van der Waals surface area (Å²) in [5.41, 5.74) is 3.00. The summed E-state index contributed by atoms with van der Waals surface area (Å²) in [5, 5.41) is 6.14. The number of hydrogen-bond donors (Lipinski definition) is 2. The number of fused-ring (bicyclic) bond motifs is 1. The molecule has 20 heavy (non-hydrogen) atoms. The first-order valence-electron chi connectivity index (χ1n) is 6.52. The molecule has 0 atom stereocenters. The van der Waals surface area contributed by atoms with E-state index in [1.165, 1.54) is 5.56 Å². The molecule has 102 valence electrons. The van der Waals surface area contributed by atoms with Crippen LogP contribution in [0.25, 0.3) is 0 Å². The van der Waals surface area contributed by atoms with E-state index in [0.717, 1.165) is 29.5 Å². The molecule has 4 nitrogen and oxygen atoms in total. The Morgan fingerprint density at radius 1 is 1.30 bits per heavy atom. The summed E-state index contributed by atoms with van der Waals surface area (Å²) in [5.74, 6) is 0.419. The van der Waals surface area contributed by atoms with Gasteiger partial charge >= 0.3 is 0 Å². The lowest BCUT2D eigenvalue weighted by atomic mass is 10.0. The Bertz CT molecular complexity index is 640. The number of nitrogens with one attached hydrogen (secondary N) is 2. The van der Waals surface area contributed by atoms with Crippen LogP contribution in [-0.2, 0) is 6.42 Å². The quantitative estimate of drug-likeness (QED) is 0.886. The number of nitrogens with zero attached hydrogens (tertiary/aromatic N) is 1. The number of carbonyl (C=O) groups is 1. The topological polar surface area (TPSA) is 54.0 Å². The van der Waals surface area contributed by atoms with Crippen molar-refractivity contribution in [3.63, 3.8) is 0 Å². The number of amides is 1. The summed E-state index contributed by atoms with van der Waals surface area (Å²) in [6, 6.07) is 9.38. The third-order valence-electron chi connectivity index (χ3n) is 3.27. The van der Waals surface area contributed by atoms with Crippen LogP contribution < -0.4 is 10.6 Å². The maximum atomic E-state index is 12.2. The van der Waals surface area contributed by atoms with Crippen molar-refractivity contribution in [1.82, 2.24) is 4.98 Å². The van der Waals surface area contributed by atoms with Crippen LogP contribution in [0.4, 0.5) is 11.5 Å². The zero-order valence-electron chi connectivity index (χ0n) is 10.8. The van der Waals surface area contributed by atoms with E-state index in [1.54, 1.807) is 12.3 Å². The van der Waals surface area contributed by atoms with Crippen molar-refractivity contribution in [3.05, 3.63) is 52.1 Å². The molecular formula is C15H14BrN3O. The highest BCUT2D eigenvalue weighted by atomic mass is 79.9. The molecule has 0 fully saturated rings. The Hall–Kier alpha value is -1.88. The van der Waals surface area contributed by atoms with Crippen molar-refractivity contribution >= 4 is 33.3 Å². The number of rotatable bonds is 2. The molecule has 1 aromatic heterocycles. The van der Waals surface area contributed by atoms with Crippen molar-refractivity contribution in [2.24, 2.45) is 0 Å². The molecule has 1 aromatic carbocycles. The molecule has 5 heteroatoms. The normalized spacial score (nSPS) is 13.2. The number of halogens is 1. The molecular weight excluding hydrogens is 318 g/mol. The molecule has 3 rings (SSSR count). The monoisotopic (exact) mass is 331 g/mol. The Kier molecular flexibility index (Phi) is 3.69. The van der Waals surface area contributed by atoms with E-state index in [0.29, 0.717) is 11.4 Å². The van der Waals surface area contributed by atoms with Gasteiger partial charge in [-0.2, -0.15) is 0 Å². The van der Waals surface area contributed by atoms with Crippen LogP contribution in [0.3, 0.4) is 0 Å². The van der Waals surface area contributed by atoms with E-state index in [1.807, 2.05) is 24.3 Å². The van der Waals surface area contributed by atoms with Gasteiger partial charge in [0.05, 0.1) is 0 Å². The molecule has 0 saturated heterocycles. The van der Waals surface area contributed by atoms with Gasteiger partial charge in [0.2, 0.25) is 0 Å². The smallest absolute Gasteiger partial charge is 0.256 e. The molecule has 0 spiro atoms. The van der Waals surface area contributed by atoms with E-state index in [2.05, 4.69) is 31.5 Å². The number of anilines is 2. The zero-order valence-corrected chi connectivity index (χ0v) is 12.4. The van der Waals surface area contributed by atoms with Crippen molar-refractivity contribution in [1.29, 1.82) is 0 Å². The van der Waals surface area contributed by atoms with Crippen LogP contribution in [0.15, 0.2) is 41.0 Å². The maximum absolute atomic E-state index is 12.2. The number of carbonyl (C=O) groups excluding carboxylic acids is 1. The minimum atomic E-state index is -0.131. The SMILES string of the molecule is O=C(Nc1ccc(Br)cn1)c1ccc2c(c1)CCCN2. The molecule has 2 aromatic rings. The standard InChI is InChI=1S/C15H14BrN3O/c16-12-4-6-14(18-9-12)19-15(20)11-3-5-13-10(8-11)2-1-7-17-13/h3-6,8-9,17H,1-2,7H2,(H,18,19,20). The summed E-state index contributed by atoms with van der Waals surface area (Å²) in [6.07, 6.45) is 3.78. The third kappa shape index (κ3) is 2.82. The minimum absolute atomic E-state index is 0.131. The number of pyridine rings is 1. The van der Waals surface area contributed by atoms with Gasteiger partial charge in [0.25, 0.3) is 5.91 Å². The molecule has 0 unspecified atom stereocenters. The lowest BCUT2D eigenvalue weighted by Gasteiger charge is -2.18. The fourth-order valence-corrected chi connectivity index (χ4v) is 2.49. The van der Waals surface area contributed by atoms with Gasteiger partial charge in [-0.05, 0) is 64.7 Å². The molecule has 1 amide bonds. The van der Waals surface area contributed by atoms with E-state index in [4.69, 9.17) is 0 Å². The number of aromatic nitrogens is 1. The summed E-state index contributed by atoms with van der Waals surface area (Å²) in [4.78, 5) is 16.3. The van der Waals surface area contributed by atoms with Crippen LogP contribution in [-0.4, -0.2) is 17.4 Å². The van der Waals surface area contributed by atoms with E-state index < -0.39 is 0 Å². The molecule has 2 heterocycles. The molecule has 0 aliphatic carbocycles. The first kappa shape index (κ1) is 13.1. The van der Waals surface area contributed by atoms with Crippen LogP contribution in [0.1, 0.15) is 22.3 Å². The van der Waals surface area contributed by atoms with E-state index >= 15 is 0 Å². The fraction of sp³-hybridized carbons (Fsp3) is 0.200. The van der Waals surface area contributed by atoms with Gasteiger partial charge < -0.3 is 10.6 Å². The lowest BCUT2D eigenvalue weighted by molar-refractivity contribution is 0.102. The summed E-state index contributed by atoms with van der Waals surface area (Å²) in [6.45, 7) is 1.00. The van der Waals surface area contributed by atoms with Crippen molar-refractivity contribution < 1.29 is 4.79 Å². The lowest BCUT2D eigenvalue weighted by Crippen LogP contribution is -2.16. The van der Waals surface area contributed by atoms with Gasteiger partial charge in [-0.25, -0.2) is 4.98 Å². The molecule has 0 saturated carbocycles. The first-order chi connectivity index (χ1) is 9.72. The average molecular weight is 332 g/mol. The largest absolute Gasteiger partial charge is 0.385 e. The molecule has 1 aliphatic heterocycles. The Balaban J connectivity index is 1.78. The number of hydrogen-bond acceptors (Lipinski definition) is 3. The zero-order chi connectivity index (χ0) is 13.9. The maximum Gasteiger partial charge on any atom is 0.256 e. The van der Waals surface area contributed by atoms with Crippen molar-refractivity contribution in [3.8, 4) is 0 Å². The predicted molar refractivity (Wildman–Crippen MR) is 83.1 cm³/mol. The summed E-state index contributed by atoms with van der Waals surface area (Å²) in [7, 11) is 0. The Morgan fingerprint density at radius 2 is 2.20 bits per heavy atom. The van der Waals surface area contributed by atoms with Gasteiger partial charge in [-0.15, -0.1) is 0 Å². The average Bonchev–Trinajstić information content (AvgIpc) is 2.49. The predicted octanol–water partition coefficient (Wildman–Crippen LogP) is 3.45. The van der Waals surface area contributed by atoms with Crippen LogP contribution >= 0.6 is 15.9 Å². The number of aryl methyl sites for hydroxylation is 1. The van der Waals surface area contributed by atoms with Crippen LogP contribution in [0.5, 0.6) is 0 Å². The van der Waals surface area contributed by atoms with Gasteiger partial charge in [0.1, 0.15) is 5.82 Å². The summed E-state index contributed by atoms with van der Waals surface area (Å²) < 4.78 is 0.885. The number of benzene rings is 1. The second-order valence-electron chi connectivity index (χ2n) is 4.72. The van der Waals surface area contributed by atoms with Gasteiger partial charge in [0, 0.05) is 28.5 Å². The van der Waals surface area contributed by atoms with Gasteiger partial charge in [-0.3, -0.25) is 4.79 Å². The van der Waals surface area contributed by atoms with E-state index in [-0.39, 0.29) is 5.91 Å². The third-order valence-corrected chi connectivity index (χ3v) is 3.74. The van der Waals surface area contributed by atoms with Crippen LogP contribution in [0, 0.1) is 0 Å². The second kappa shape index (κ2) is 5.63. The Labute approximate surface area is 125 Å². The Morgan fingerprint density at radius 3 is 3.00 bits per heavy atom. The van der Waals surface area contributed by atoms with Crippen LogP contribution in [0.2, 0.25) is 0 Å². The van der Waals surface area contributed by atoms with Crippen molar-refractivity contribution in [2.75, 3.05) is 17.2 Å². The molecule has 0 bridgehead atoms. The molecule has 2 N–H and O–H groups in total. The highest BCUT2D eigenvalue weighted by molar-refractivity contribution is 9.10. The second-order valence-corrected chi connectivity index (χ2v) is 5.63. The first-order valence-corrected chi connectivity index (χ1v) is 7.31. The molecule has 0 radical (unpaired) electrons. The minimum Gasteiger partial charge on any atom is -0.385 e. The highest BCUT2D eigenvalue weighted by Crippen LogP contribution is 2.23. The summed E-state index contributed by atoms with van der Waals surface area (Å²) >= 11 is 3.32. The van der Waals surface area contributed by atoms with Gasteiger partial charge in [0.15, 0.2) is 0 Å². The molecule has 1 aliphatic rings. The van der Waals surface area contributed by atoms with Crippen molar-refractivity contribution in [2.45, 2.75) is 12.8 Å². The van der Waals surface area contributed by atoms with Gasteiger partial charge in [-0.1, -0.05) is 0 Å². The highest BCUT2D eigenvalue weighted by Gasteiger charge is 2.12.